The molecule has 13 heavy (non-hydrogen) atoms. The minimum Gasteiger partial charge on any atom is -0.314 e. The van der Waals surface area contributed by atoms with E-state index in [4.69, 9.17) is 0 Å². The molecule has 2 rings (SSSR count). The molecule has 0 aromatic rings. The maximum Gasteiger partial charge on any atom is 0.0222 e. The molecule has 0 radical (unpaired) electrons. The van der Waals surface area contributed by atoms with Crippen molar-refractivity contribution in [2.24, 2.45) is 0 Å². The molecular formula is C10H21N3. The van der Waals surface area contributed by atoms with Crippen molar-refractivity contribution >= 4 is 0 Å². The van der Waals surface area contributed by atoms with Crippen molar-refractivity contribution in [3.63, 3.8) is 0 Å². The van der Waals surface area contributed by atoms with Crippen LogP contribution in [0.4, 0.5) is 0 Å². The van der Waals surface area contributed by atoms with Gasteiger partial charge in [-0.3, -0.25) is 4.90 Å². The number of hydrogen-bond donors (Lipinski definition) is 2. The number of hydrogen-bond acceptors (Lipinski definition) is 3. The third-order valence-electron chi connectivity index (χ3n) is 3.30. The van der Waals surface area contributed by atoms with Gasteiger partial charge in [0.2, 0.25) is 0 Å². The van der Waals surface area contributed by atoms with Gasteiger partial charge in [0, 0.05) is 44.8 Å². The molecule has 2 unspecified atom stereocenters. The van der Waals surface area contributed by atoms with Crippen molar-refractivity contribution in [2.75, 3.05) is 32.7 Å². The summed E-state index contributed by atoms with van der Waals surface area (Å²) in [4.78, 5) is 2.63. The molecule has 2 N–H and O–H groups in total. The van der Waals surface area contributed by atoms with E-state index >= 15 is 0 Å². The number of nitrogens with zero attached hydrogens (tertiary/aromatic N) is 1. The lowest BCUT2D eigenvalue weighted by atomic mass is 10.0. The first kappa shape index (κ1) is 9.44. The average molecular weight is 183 g/mol. The first-order valence-corrected chi connectivity index (χ1v) is 5.54. The lowest BCUT2D eigenvalue weighted by molar-refractivity contribution is 0.138. The fraction of sp³-hybridized carbons (Fsp3) is 1.00. The van der Waals surface area contributed by atoms with Gasteiger partial charge in [-0.05, 0) is 19.8 Å². The number of piperazine rings is 1. The maximum atomic E-state index is 3.57. The zero-order chi connectivity index (χ0) is 9.10. The van der Waals surface area contributed by atoms with Crippen molar-refractivity contribution in [1.29, 1.82) is 0 Å². The third-order valence-corrected chi connectivity index (χ3v) is 3.30. The Labute approximate surface area is 80.9 Å². The number of rotatable bonds is 1. The minimum absolute atomic E-state index is 0.735. The highest BCUT2D eigenvalue weighted by molar-refractivity contribution is 4.84. The molecule has 0 amide bonds. The summed E-state index contributed by atoms with van der Waals surface area (Å²) in [6, 6.07) is 1.54. The standard InChI is InChI=1S/C10H21N3/c1-9-2-3-10(8-12-9)13-6-4-11-5-7-13/h9-12H,2-8H2,1H3. The van der Waals surface area contributed by atoms with Crippen molar-refractivity contribution in [2.45, 2.75) is 31.8 Å². The monoisotopic (exact) mass is 183 g/mol. The molecule has 3 heteroatoms. The van der Waals surface area contributed by atoms with Gasteiger partial charge in [0.1, 0.15) is 0 Å². The van der Waals surface area contributed by atoms with Gasteiger partial charge in [0.15, 0.2) is 0 Å². The van der Waals surface area contributed by atoms with Gasteiger partial charge in [0.25, 0.3) is 0 Å². The van der Waals surface area contributed by atoms with Gasteiger partial charge in [-0.1, -0.05) is 0 Å². The molecule has 2 aliphatic rings. The molecule has 2 fully saturated rings. The molecule has 0 aromatic heterocycles. The second-order valence-electron chi connectivity index (χ2n) is 4.33. The van der Waals surface area contributed by atoms with E-state index in [1.807, 2.05) is 0 Å². The van der Waals surface area contributed by atoms with Crippen LogP contribution in [0.25, 0.3) is 0 Å². The summed E-state index contributed by atoms with van der Waals surface area (Å²) < 4.78 is 0. The Morgan fingerprint density at radius 2 is 1.92 bits per heavy atom. The third kappa shape index (κ3) is 2.42. The normalized spacial score (nSPS) is 37.6. The van der Waals surface area contributed by atoms with E-state index in [-0.39, 0.29) is 0 Å². The molecule has 0 aromatic carbocycles. The van der Waals surface area contributed by atoms with Gasteiger partial charge >= 0.3 is 0 Å². The highest BCUT2D eigenvalue weighted by Gasteiger charge is 2.24. The van der Waals surface area contributed by atoms with Crippen LogP contribution in [0.2, 0.25) is 0 Å². The fourth-order valence-corrected chi connectivity index (χ4v) is 2.34. The summed E-state index contributed by atoms with van der Waals surface area (Å²) in [5.74, 6) is 0. The zero-order valence-electron chi connectivity index (χ0n) is 8.55. The molecule has 2 heterocycles. The molecule has 2 aliphatic heterocycles. The smallest absolute Gasteiger partial charge is 0.0222 e. The molecule has 2 saturated heterocycles. The SMILES string of the molecule is CC1CCC(N2CCNCC2)CN1. The molecule has 0 spiro atoms. The second-order valence-corrected chi connectivity index (χ2v) is 4.33. The Bertz CT molecular complexity index is 146. The Morgan fingerprint density at radius 3 is 2.54 bits per heavy atom. The van der Waals surface area contributed by atoms with Crippen LogP contribution in [0.15, 0.2) is 0 Å². The highest BCUT2D eigenvalue weighted by atomic mass is 15.2. The van der Waals surface area contributed by atoms with Crippen LogP contribution in [-0.4, -0.2) is 49.7 Å². The Kier molecular flexibility index (Phi) is 3.19. The summed E-state index contributed by atoms with van der Waals surface area (Å²) in [6.07, 6.45) is 2.72. The van der Waals surface area contributed by atoms with Gasteiger partial charge in [0.05, 0.1) is 0 Å². The predicted octanol–water partition coefficient (Wildman–Crippen LogP) is 0.0321. The van der Waals surface area contributed by atoms with Gasteiger partial charge < -0.3 is 10.6 Å². The van der Waals surface area contributed by atoms with Gasteiger partial charge in [-0.2, -0.15) is 0 Å². The summed E-state index contributed by atoms with van der Waals surface area (Å²) in [7, 11) is 0. The van der Waals surface area contributed by atoms with Crippen molar-refractivity contribution in [3.05, 3.63) is 0 Å². The average Bonchev–Trinajstić information content (AvgIpc) is 2.20. The quantitative estimate of drug-likeness (QED) is 0.601. The Hall–Kier alpha value is -0.120. The summed E-state index contributed by atoms with van der Waals surface area (Å²) in [5, 5.41) is 6.97. The summed E-state index contributed by atoms with van der Waals surface area (Å²) in [6.45, 7) is 8.30. The van der Waals surface area contributed by atoms with Crippen LogP contribution < -0.4 is 10.6 Å². The first-order chi connectivity index (χ1) is 6.36. The topological polar surface area (TPSA) is 27.3 Å². The molecule has 0 saturated carbocycles. The molecule has 76 valence electrons. The van der Waals surface area contributed by atoms with E-state index in [0.29, 0.717) is 0 Å². The van der Waals surface area contributed by atoms with Crippen LogP contribution in [0.3, 0.4) is 0 Å². The largest absolute Gasteiger partial charge is 0.314 e. The molecule has 3 nitrogen and oxygen atoms in total. The number of piperidine rings is 1. The Balaban J connectivity index is 1.79. The van der Waals surface area contributed by atoms with Crippen molar-refractivity contribution in [3.8, 4) is 0 Å². The molecule has 2 atom stereocenters. The van der Waals surface area contributed by atoms with E-state index in [9.17, 15) is 0 Å². The lowest BCUT2D eigenvalue weighted by Gasteiger charge is -2.38. The first-order valence-electron chi connectivity index (χ1n) is 5.54. The van der Waals surface area contributed by atoms with E-state index in [1.54, 1.807) is 0 Å². The zero-order valence-corrected chi connectivity index (χ0v) is 8.55. The molecular weight excluding hydrogens is 162 g/mol. The highest BCUT2D eigenvalue weighted by Crippen LogP contribution is 2.13. The van der Waals surface area contributed by atoms with Gasteiger partial charge in [-0.25, -0.2) is 0 Å². The maximum absolute atomic E-state index is 3.57. The van der Waals surface area contributed by atoms with E-state index in [1.165, 1.54) is 45.6 Å². The van der Waals surface area contributed by atoms with Crippen molar-refractivity contribution < 1.29 is 0 Å². The summed E-state index contributed by atoms with van der Waals surface area (Å²) in [5.41, 5.74) is 0. The van der Waals surface area contributed by atoms with E-state index in [0.717, 1.165) is 12.1 Å². The molecule has 0 aliphatic carbocycles. The fourth-order valence-electron chi connectivity index (χ4n) is 2.34. The molecule has 0 bridgehead atoms. The van der Waals surface area contributed by atoms with Crippen LogP contribution in [-0.2, 0) is 0 Å². The summed E-state index contributed by atoms with van der Waals surface area (Å²) >= 11 is 0. The van der Waals surface area contributed by atoms with Crippen LogP contribution in [0, 0.1) is 0 Å². The van der Waals surface area contributed by atoms with Crippen LogP contribution in [0.1, 0.15) is 19.8 Å². The second kappa shape index (κ2) is 4.40. The van der Waals surface area contributed by atoms with Crippen molar-refractivity contribution in [1.82, 2.24) is 15.5 Å². The predicted molar refractivity (Wildman–Crippen MR) is 54.9 cm³/mol. The van der Waals surface area contributed by atoms with Crippen LogP contribution in [0.5, 0.6) is 0 Å². The number of nitrogens with one attached hydrogen (secondary N) is 2. The Morgan fingerprint density at radius 1 is 1.15 bits per heavy atom. The minimum atomic E-state index is 0.735. The van der Waals surface area contributed by atoms with Crippen LogP contribution >= 0.6 is 0 Å². The van der Waals surface area contributed by atoms with E-state index in [2.05, 4.69) is 22.5 Å². The lowest BCUT2D eigenvalue weighted by Crippen LogP contribution is -2.54. The van der Waals surface area contributed by atoms with E-state index < -0.39 is 0 Å². The van der Waals surface area contributed by atoms with Gasteiger partial charge in [-0.15, -0.1) is 0 Å².